The zero-order chi connectivity index (χ0) is 14.5. The molecule has 3 heteroatoms. The van der Waals surface area contributed by atoms with E-state index in [4.69, 9.17) is 0 Å². The van der Waals surface area contributed by atoms with Crippen molar-refractivity contribution in [2.24, 2.45) is 5.10 Å². The lowest BCUT2D eigenvalue weighted by molar-refractivity contribution is 0.0955. The molecular formula is C18H14N2O. The first-order valence-electron chi connectivity index (χ1n) is 6.70. The summed E-state index contributed by atoms with van der Waals surface area (Å²) in [5.41, 5.74) is 4.06. The fraction of sp³-hybridized carbons (Fsp3) is 0. The molecule has 0 heterocycles. The van der Waals surface area contributed by atoms with E-state index in [1.165, 1.54) is 5.39 Å². The topological polar surface area (TPSA) is 41.5 Å². The van der Waals surface area contributed by atoms with Crippen LogP contribution in [0.4, 0.5) is 0 Å². The number of benzene rings is 3. The summed E-state index contributed by atoms with van der Waals surface area (Å²) < 4.78 is 0. The number of carbonyl (C=O) groups excluding carboxylic acids is 1. The number of hydrogen-bond acceptors (Lipinski definition) is 2. The van der Waals surface area contributed by atoms with Gasteiger partial charge in [-0.15, -0.1) is 0 Å². The number of hydrogen-bond donors (Lipinski definition) is 1. The van der Waals surface area contributed by atoms with Gasteiger partial charge in [0.2, 0.25) is 0 Å². The minimum absolute atomic E-state index is 0.215. The van der Waals surface area contributed by atoms with Crippen molar-refractivity contribution in [3.8, 4) is 0 Å². The van der Waals surface area contributed by atoms with Crippen LogP contribution in [0.15, 0.2) is 77.9 Å². The molecule has 0 radical (unpaired) electrons. The predicted octanol–water partition coefficient (Wildman–Crippen LogP) is 3.60. The Bertz CT molecular complexity index is 794. The van der Waals surface area contributed by atoms with E-state index in [-0.39, 0.29) is 5.91 Å². The second kappa shape index (κ2) is 6.01. The maximum absolute atomic E-state index is 11.8. The van der Waals surface area contributed by atoms with Crippen LogP contribution in [0, 0.1) is 0 Å². The highest BCUT2D eigenvalue weighted by Gasteiger charge is 2.01. The molecule has 0 atom stereocenters. The van der Waals surface area contributed by atoms with Crippen molar-refractivity contribution in [1.82, 2.24) is 5.43 Å². The molecule has 0 unspecified atom stereocenters. The van der Waals surface area contributed by atoms with Gasteiger partial charge >= 0.3 is 0 Å². The SMILES string of the molecule is O=C(N/N=C/c1ccc2ccccc2c1)c1ccccc1. The van der Waals surface area contributed by atoms with Gasteiger partial charge in [-0.05, 0) is 34.5 Å². The standard InChI is InChI=1S/C18H14N2O/c21-18(16-7-2-1-3-8-16)20-19-13-14-10-11-15-6-4-5-9-17(15)12-14/h1-13H,(H,20,21)/b19-13+. The van der Waals surface area contributed by atoms with Crippen LogP contribution in [0.2, 0.25) is 0 Å². The molecule has 1 amide bonds. The van der Waals surface area contributed by atoms with Crippen LogP contribution in [0.1, 0.15) is 15.9 Å². The first-order chi connectivity index (χ1) is 10.3. The Kier molecular flexibility index (Phi) is 3.74. The van der Waals surface area contributed by atoms with Gasteiger partial charge in [-0.25, -0.2) is 5.43 Å². The van der Waals surface area contributed by atoms with Gasteiger partial charge in [-0.1, -0.05) is 54.6 Å². The monoisotopic (exact) mass is 274 g/mol. The van der Waals surface area contributed by atoms with Crippen molar-refractivity contribution in [3.05, 3.63) is 83.9 Å². The van der Waals surface area contributed by atoms with Gasteiger partial charge in [-0.3, -0.25) is 4.79 Å². The molecule has 0 spiro atoms. The summed E-state index contributed by atoms with van der Waals surface area (Å²) in [5, 5.41) is 6.33. The second-order valence-corrected chi connectivity index (χ2v) is 4.67. The van der Waals surface area contributed by atoms with E-state index in [1.54, 1.807) is 18.3 Å². The van der Waals surface area contributed by atoms with Crippen molar-refractivity contribution >= 4 is 22.9 Å². The fourth-order valence-corrected chi connectivity index (χ4v) is 2.11. The number of hydrazone groups is 1. The molecule has 1 N–H and O–H groups in total. The number of amides is 1. The summed E-state index contributed by atoms with van der Waals surface area (Å²) in [5.74, 6) is -0.215. The molecule has 0 aliphatic heterocycles. The number of nitrogens with zero attached hydrogens (tertiary/aromatic N) is 1. The number of nitrogens with one attached hydrogen (secondary N) is 1. The van der Waals surface area contributed by atoms with Crippen LogP contribution < -0.4 is 5.43 Å². The van der Waals surface area contributed by atoms with E-state index < -0.39 is 0 Å². The van der Waals surface area contributed by atoms with Gasteiger partial charge < -0.3 is 0 Å². The molecule has 3 aromatic carbocycles. The zero-order valence-corrected chi connectivity index (χ0v) is 11.4. The average Bonchev–Trinajstić information content (AvgIpc) is 2.55. The normalized spacial score (nSPS) is 10.9. The van der Waals surface area contributed by atoms with Crippen LogP contribution in [0.25, 0.3) is 10.8 Å². The first-order valence-corrected chi connectivity index (χ1v) is 6.70. The molecular weight excluding hydrogens is 260 g/mol. The summed E-state index contributed by atoms with van der Waals surface area (Å²) in [7, 11) is 0. The van der Waals surface area contributed by atoms with Crippen molar-refractivity contribution in [3.63, 3.8) is 0 Å². The molecule has 102 valence electrons. The van der Waals surface area contributed by atoms with Gasteiger partial charge in [-0.2, -0.15) is 5.10 Å². The Morgan fingerprint density at radius 2 is 1.57 bits per heavy atom. The quantitative estimate of drug-likeness (QED) is 0.575. The van der Waals surface area contributed by atoms with E-state index in [1.807, 2.05) is 48.5 Å². The van der Waals surface area contributed by atoms with Gasteiger partial charge in [0.15, 0.2) is 0 Å². The summed E-state index contributed by atoms with van der Waals surface area (Å²) in [4.78, 5) is 11.8. The lowest BCUT2D eigenvalue weighted by atomic mass is 10.1. The van der Waals surface area contributed by atoms with Gasteiger partial charge in [0, 0.05) is 5.56 Å². The van der Waals surface area contributed by atoms with Gasteiger partial charge in [0.1, 0.15) is 0 Å². The molecule has 3 rings (SSSR count). The Labute approximate surface area is 122 Å². The van der Waals surface area contributed by atoms with E-state index in [9.17, 15) is 4.79 Å². The minimum Gasteiger partial charge on any atom is -0.267 e. The van der Waals surface area contributed by atoms with Crippen molar-refractivity contribution < 1.29 is 4.79 Å². The fourth-order valence-electron chi connectivity index (χ4n) is 2.11. The third kappa shape index (κ3) is 3.15. The van der Waals surface area contributed by atoms with Gasteiger partial charge in [0.05, 0.1) is 6.21 Å². The highest BCUT2D eigenvalue weighted by molar-refractivity contribution is 5.95. The highest BCUT2D eigenvalue weighted by atomic mass is 16.2. The molecule has 0 aliphatic carbocycles. The number of rotatable bonds is 3. The van der Waals surface area contributed by atoms with Crippen LogP contribution in [-0.4, -0.2) is 12.1 Å². The smallest absolute Gasteiger partial charge is 0.267 e. The lowest BCUT2D eigenvalue weighted by Gasteiger charge is -2.00. The predicted molar refractivity (Wildman–Crippen MR) is 85.5 cm³/mol. The Morgan fingerprint density at radius 3 is 2.38 bits per heavy atom. The largest absolute Gasteiger partial charge is 0.271 e. The maximum atomic E-state index is 11.8. The van der Waals surface area contributed by atoms with Crippen molar-refractivity contribution in [1.29, 1.82) is 0 Å². The van der Waals surface area contributed by atoms with Crippen LogP contribution >= 0.6 is 0 Å². The Hall–Kier alpha value is -2.94. The third-order valence-corrected chi connectivity index (χ3v) is 3.19. The molecule has 0 bridgehead atoms. The molecule has 0 saturated heterocycles. The summed E-state index contributed by atoms with van der Waals surface area (Å²) in [6.07, 6.45) is 1.65. The van der Waals surface area contributed by atoms with Crippen LogP contribution in [0.5, 0.6) is 0 Å². The Balaban J connectivity index is 1.71. The lowest BCUT2D eigenvalue weighted by Crippen LogP contribution is -2.17. The minimum atomic E-state index is -0.215. The maximum Gasteiger partial charge on any atom is 0.271 e. The average molecular weight is 274 g/mol. The molecule has 0 fully saturated rings. The molecule has 3 aromatic rings. The molecule has 3 nitrogen and oxygen atoms in total. The molecule has 0 aromatic heterocycles. The number of fused-ring (bicyclic) bond motifs is 1. The van der Waals surface area contributed by atoms with E-state index in [2.05, 4.69) is 22.7 Å². The summed E-state index contributed by atoms with van der Waals surface area (Å²) in [6.45, 7) is 0. The summed E-state index contributed by atoms with van der Waals surface area (Å²) >= 11 is 0. The molecule has 21 heavy (non-hydrogen) atoms. The van der Waals surface area contributed by atoms with Gasteiger partial charge in [0.25, 0.3) is 5.91 Å². The highest BCUT2D eigenvalue weighted by Crippen LogP contribution is 2.14. The van der Waals surface area contributed by atoms with Crippen molar-refractivity contribution in [2.75, 3.05) is 0 Å². The molecule has 0 aliphatic rings. The summed E-state index contributed by atoms with van der Waals surface area (Å²) in [6, 6.07) is 23.2. The third-order valence-electron chi connectivity index (χ3n) is 3.19. The van der Waals surface area contributed by atoms with E-state index >= 15 is 0 Å². The van der Waals surface area contributed by atoms with Crippen LogP contribution in [0.3, 0.4) is 0 Å². The molecule has 0 saturated carbocycles. The Morgan fingerprint density at radius 1 is 0.857 bits per heavy atom. The first kappa shape index (κ1) is 13.1. The second-order valence-electron chi connectivity index (χ2n) is 4.67. The number of carbonyl (C=O) groups is 1. The van der Waals surface area contributed by atoms with E-state index in [0.717, 1.165) is 10.9 Å². The van der Waals surface area contributed by atoms with E-state index in [0.29, 0.717) is 5.56 Å². The van der Waals surface area contributed by atoms with Crippen molar-refractivity contribution in [2.45, 2.75) is 0 Å². The zero-order valence-electron chi connectivity index (χ0n) is 11.4. The van der Waals surface area contributed by atoms with Crippen LogP contribution in [-0.2, 0) is 0 Å².